The van der Waals surface area contributed by atoms with Gasteiger partial charge in [-0.15, -0.1) is 23.7 Å². The lowest BCUT2D eigenvalue weighted by molar-refractivity contribution is -0.384. The zero-order chi connectivity index (χ0) is 14.1. The molecule has 1 aromatic heterocycles. The first-order chi connectivity index (χ1) is 9.63. The van der Waals surface area contributed by atoms with Gasteiger partial charge in [-0.3, -0.25) is 14.9 Å². The van der Waals surface area contributed by atoms with Gasteiger partial charge in [-0.1, -0.05) is 0 Å². The molecule has 2 aromatic rings. The van der Waals surface area contributed by atoms with E-state index in [4.69, 9.17) is 0 Å². The molecule has 3 rings (SSSR count). The van der Waals surface area contributed by atoms with Gasteiger partial charge in [0.2, 0.25) is 0 Å². The molecular weight excluding hydrogens is 314 g/mol. The van der Waals surface area contributed by atoms with Gasteiger partial charge < -0.3 is 10.6 Å². The summed E-state index contributed by atoms with van der Waals surface area (Å²) < 4.78 is 0.880. The smallest absolute Gasteiger partial charge is 0.270 e. The van der Waals surface area contributed by atoms with Crippen LogP contribution >= 0.6 is 23.7 Å². The minimum atomic E-state index is -0.430. The van der Waals surface area contributed by atoms with Crippen molar-refractivity contribution in [3.8, 4) is 0 Å². The van der Waals surface area contributed by atoms with Crippen LogP contribution in [0.3, 0.4) is 0 Å². The van der Waals surface area contributed by atoms with Gasteiger partial charge >= 0.3 is 0 Å². The molecular formula is C13H14ClN3O3S. The first-order valence-corrected chi connectivity index (χ1v) is 7.15. The Morgan fingerprint density at radius 3 is 2.90 bits per heavy atom. The summed E-state index contributed by atoms with van der Waals surface area (Å²) >= 11 is 1.35. The number of nitrogens with one attached hydrogen (secondary N) is 2. The Bertz CT molecular complexity index is 682. The van der Waals surface area contributed by atoms with E-state index < -0.39 is 4.92 Å². The molecule has 6 nitrogen and oxygen atoms in total. The van der Waals surface area contributed by atoms with Crippen LogP contribution in [0.4, 0.5) is 5.69 Å². The summed E-state index contributed by atoms with van der Waals surface area (Å²) in [5.74, 6) is -0.109. The Morgan fingerprint density at radius 1 is 1.43 bits per heavy atom. The van der Waals surface area contributed by atoms with Crippen molar-refractivity contribution in [3.63, 3.8) is 0 Å². The number of benzene rings is 1. The second-order valence-corrected chi connectivity index (χ2v) is 5.84. The second-order valence-electron chi connectivity index (χ2n) is 4.75. The summed E-state index contributed by atoms with van der Waals surface area (Å²) in [6, 6.07) is 6.53. The van der Waals surface area contributed by atoms with Crippen molar-refractivity contribution < 1.29 is 9.72 Å². The van der Waals surface area contributed by atoms with E-state index in [-0.39, 0.29) is 30.0 Å². The molecule has 0 spiro atoms. The number of carbonyl (C=O) groups is 1. The van der Waals surface area contributed by atoms with Crippen molar-refractivity contribution >= 4 is 45.4 Å². The number of thiophene rings is 1. The third kappa shape index (κ3) is 3.31. The van der Waals surface area contributed by atoms with Crippen molar-refractivity contribution in [2.75, 3.05) is 13.1 Å². The predicted molar refractivity (Wildman–Crippen MR) is 84.5 cm³/mol. The first-order valence-electron chi connectivity index (χ1n) is 6.33. The minimum absolute atomic E-state index is 0. The highest BCUT2D eigenvalue weighted by molar-refractivity contribution is 7.20. The van der Waals surface area contributed by atoms with Crippen LogP contribution in [0.5, 0.6) is 0 Å². The molecule has 112 valence electrons. The lowest BCUT2D eigenvalue weighted by Gasteiger charge is -2.09. The summed E-state index contributed by atoms with van der Waals surface area (Å²) in [5.41, 5.74) is 0.0438. The van der Waals surface area contributed by atoms with Crippen LogP contribution in [0.2, 0.25) is 0 Å². The van der Waals surface area contributed by atoms with E-state index in [2.05, 4.69) is 10.6 Å². The molecule has 1 saturated heterocycles. The molecule has 0 saturated carbocycles. The van der Waals surface area contributed by atoms with Crippen molar-refractivity contribution in [2.24, 2.45) is 0 Å². The Labute approximate surface area is 131 Å². The lowest BCUT2D eigenvalue weighted by atomic mass is 10.2. The van der Waals surface area contributed by atoms with E-state index in [0.717, 1.165) is 29.6 Å². The van der Waals surface area contributed by atoms with E-state index in [1.54, 1.807) is 12.1 Å². The number of fused-ring (bicyclic) bond motifs is 1. The van der Waals surface area contributed by atoms with Gasteiger partial charge in [0.1, 0.15) is 0 Å². The number of nitrogens with zero attached hydrogens (tertiary/aromatic N) is 1. The topological polar surface area (TPSA) is 84.3 Å². The molecule has 1 aliphatic rings. The van der Waals surface area contributed by atoms with Gasteiger partial charge in [0.25, 0.3) is 11.6 Å². The quantitative estimate of drug-likeness (QED) is 0.669. The zero-order valence-electron chi connectivity index (χ0n) is 11.0. The molecule has 1 unspecified atom stereocenters. The van der Waals surface area contributed by atoms with Crippen LogP contribution in [0.1, 0.15) is 16.1 Å². The molecule has 8 heteroatoms. The number of nitro benzene ring substituents is 1. The van der Waals surface area contributed by atoms with Crippen molar-refractivity contribution in [2.45, 2.75) is 12.5 Å². The van der Waals surface area contributed by atoms with Gasteiger partial charge in [-0.25, -0.2) is 0 Å². The largest absolute Gasteiger partial charge is 0.347 e. The molecule has 0 aliphatic carbocycles. The van der Waals surface area contributed by atoms with Crippen LogP contribution in [0, 0.1) is 10.1 Å². The second kappa shape index (κ2) is 6.38. The molecule has 2 N–H and O–H groups in total. The number of hydrogen-bond donors (Lipinski definition) is 2. The number of rotatable bonds is 3. The maximum Gasteiger partial charge on any atom is 0.270 e. The van der Waals surface area contributed by atoms with E-state index in [1.807, 2.05) is 0 Å². The van der Waals surface area contributed by atoms with Crippen LogP contribution in [-0.2, 0) is 0 Å². The molecule has 1 atom stereocenters. The van der Waals surface area contributed by atoms with Crippen molar-refractivity contribution in [1.82, 2.24) is 10.6 Å². The fraction of sp³-hybridized carbons (Fsp3) is 0.308. The normalized spacial score (nSPS) is 17.4. The fourth-order valence-electron chi connectivity index (χ4n) is 2.29. The third-order valence-electron chi connectivity index (χ3n) is 3.33. The Balaban J connectivity index is 0.00000161. The van der Waals surface area contributed by atoms with Crippen LogP contribution in [-0.4, -0.2) is 30.0 Å². The van der Waals surface area contributed by atoms with E-state index in [9.17, 15) is 14.9 Å². The molecule has 1 amide bonds. The summed E-state index contributed by atoms with van der Waals surface area (Å²) in [6.45, 7) is 1.71. The lowest BCUT2D eigenvalue weighted by Crippen LogP contribution is -2.35. The van der Waals surface area contributed by atoms with Gasteiger partial charge in [-0.2, -0.15) is 0 Å². The summed E-state index contributed by atoms with van der Waals surface area (Å²) in [6.07, 6.45) is 0.933. The highest BCUT2D eigenvalue weighted by atomic mass is 35.5. The molecule has 21 heavy (non-hydrogen) atoms. The van der Waals surface area contributed by atoms with Gasteiger partial charge in [-0.05, 0) is 25.1 Å². The van der Waals surface area contributed by atoms with Crippen LogP contribution in [0.15, 0.2) is 24.3 Å². The highest BCUT2D eigenvalue weighted by Crippen LogP contribution is 2.29. The average Bonchev–Trinajstić information content (AvgIpc) is 3.05. The molecule has 0 radical (unpaired) electrons. The summed E-state index contributed by atoms with van der Waals surface area (Å²) in [4.78, 5) is 23.0. The highest BCUT2D eigenvalue weighted by Gasteiger charge is 2.19. The van der Waals surface area contributed by atoms with Gasteiger partial charge in [0.15, 0.2) is 0 Å². The number of hydrogen-bond acceptors (Lipinski definition) is 5. The number of amides is 1. The van der Waals surface area contributed by atoms with E-state index in [1.165, 1.54) is 23.5 Å². The first kappa shape index (κ1) is 15.7. The van der Waals surface area contributed by atoms with E-state index in [0.29, 0.717) is 4.88 Å². The fourth-order valence-corrected chi connectivity index (χ4v) is 3.24. The predicted octanol–water partition coefficient (Wildman–Crippen LogP) is 2.32. The van der Waals surface area contributed by atoms with Crippen LogP contribution < -0.4 is 10.6 Å². The average molecular weight is 328 g/mol. The molecule has 0 bridgehead atoms. The van der Waals surface area contributed by atoms with Gasteiger partial charge in [0.05, 0.1) is 9.80 Å². The van der Waals surface area contributed by atoms with E-state index >= 15 is 0 Å². The standard InChI is InChI=1S/C13H13N3O3S.ClH/c17-13(15-9-3-4-14-7-9)12-6-8-5-10(16(18)19)1-2-11(8)20-12;/h1-2,5-6,9,14H,3-4,7H2,(H,15,17);1H. The maximum absolute atomic E-state index is 12.1. The molecule has 1 fully saturated rings. The van der Waals surface area contributed by atoms with Crippen LogP contribution in [0.25, 0.3) is 10.1 Å². The molecule has 1 aliphatic heterocycles. The Morgan fingerprint density at radius 2 is 2.24 bits per heavy atom. The number of carbonyl (C=O) groups excluding carboxylic acids is 1. The SMILES string of the molecule is Cl.O=C(NC1CCNC1)c1cc2cc([N+](=O)[O-])ccc2s1. The Kier molecular flexibility index (Phi) is 4.76. The number of halogens is 1. The maximum atomic E-state index is 12.1. The Hall–Kier alpha value is -1.70. The number of nitro groups is 1. The zero-order valence-corrected chi connectivity index (χ0v) is 12.6. The summed E-state index contributed by atoms with van der Waals surface area (Å²) in [5, 5.41) is 17.6. The molecule has 2 heterocycles. The summed E-state index contributed by atoms with van der Waals surface area (Å²) in [7, 11) is 0. The minimum Gasteiger partial charge on any atom is -0.347 e. The monoisotopic (exact) mass is 327 g/mol. The number of non-ortho nitro benzene ring substituents is 1. The van der Waals surface area contributed by atoms with Gasteiger partial charge in [0, 0.05) is 34.8 Å². The third-order valence-corrected chi connectivity index (χ3v) is 4.44. The molecule has 1 aromatic carbocycles. The van der Waals surface area contributed by atoms with Crippen molar-refractivity contribution in [1.29, 1.82) is 0 Å². The van der Waals surface area contributed by atoms with Crippen molar-refractivity contribution in [3.05, 3.63) is 39.3 Å².